The summed E-state index contributed by atoms with van der Waals surface area (Å²) in [5, 5.41) is 9.66. The molecule has 0 amide bonds. The van der Waals surface area contributed by atoms with Crippen LogP contribution < -0.4 is 4.90 Å². The van der Waals surface area contributed by atoms with Gasteiger partial charge in [0.1, 0.15) is 0 Å². The lowest BCUT2D eigenvalue weighted by molar-refractivity contribution is 0.115. The predicted molar refractivity (Wildman–Crippen MR) is 81.6 cm³/mol. The molecule has 1 aliphatic heterocycles. The average molecular weight is 328 g/mol. The monoisotopic (exact) mass is 327 g/mol. The van der Waals surface area contributed by atoms with Crippen LogP contribution in [0.2, 0.25) is 0 Å². The molecule has 1 heterocycles. The van der Waals surface area contributed by atoms with Crippen LogP contribution in [-0.2, 0) is 4.74 Å². The van der Waals surface area contributed by atoms with Crippen LogP contribution in [0, 0.1) is 0 Å². The van der Waals surface area contributed by atoms with Gasteiger partial charge in [-0.3, -0.25) is 0 Å². The van der Waals surface area contributed by atoms with Crippen LogP contribution in [-0.4, -0.2) is 30.9 Å². The molecule has 1 saturated heterocycles. The second kappa shape index (κ2) is 6.73. The maximum absolute atomic E-state index is 9.66. The molecule has 0 aromatic heterocycles. The molecule has 3 nitrogen and oxygen atoms in total. The van der Waals surface area contributed by atoms with E-state index in [0.717, 1.165) is 36.2 Å². The van der Waals surface area contributed by atoms with Gasteiger partial charge in [-0.25, -0.2) is 0 Å². The Hall–Kier alpha value is -0.580. The van der Waals surface area contributed by atoms with E-state index in [1.165, 1.54) is 12.1 Å². The molecule has 0 saturated carbocycles. The molecule has 1 aliphatic rings. The number of benzene rings is 1. The molecule has 1 fully saturated rings. The van der Waals surface area contributed by atoms with Crippen LogP contribution in [0.5, 0.6) is 0 Å². The van der Waals surface area contributed by atoms with E-state index in [-0.39, 0.29) is 0 Å². The third-order valence-electron chi connectivity index (χ3n) is 3.63. The lowest BCUT2D eigenvalue weighted by Crippen LogP contribution is -2.32. The summed E-state index contributed by atoms with van der Waals surface area (Å²) in [6.45, 7) is 6.74. The number of ether oxygens (including phenoxy) is 1. The first-order valence-electron chi connectivity index (χ1n) is 6.96. The van der Waals surface area contributed by atoms with E-state index in [9.17, 15) is 5.11 Å². The molecule has 0 radical (unpaired) electrons. The Morgan fingerprint density at radius 2 is 2.32 bits per heavy atom. The van der Waals surface area contributed by atoms with Gasteiger partial charge in [0.25, 0.3) is 0 Å². The summed E-state index contributed by atoms with van der Waals surface area (Å²) in [5.74, 6) is 0. The fourth-order valence-corrected chi connectivity index (χ4v) is 3.20. The van der Waals surface area contributed by atoms with E-state index in [0.29, 0.717) is 6.10 Å². The maximum Gasteiger partial charge on any atom is 0.0772 e. The Morgan fingerprint density at radius 3 is 2.84 bits per heavy atom. The van der Waals surface area contributed by atoms with Gasteiger partial charge in [0.05, 0.1) is 12.2 Å². The van der Waals surface area contributed by atoms with Crippen molar-refractivity contribution in [2.24, 2.45) is 0 Å². The summed E-state index contributed by atoms with van der Waals surface area (Å²) in [5.41, 5.74) is 2.10. The number of aliphatic hydroxyl groups is 1. The minimum absolute atomic E-state index is 0.357. The molecule has 2 unspecified atom stereocenters. The highest BCUT2D eigenvalue weighted by molar-refractivity contribution is 9.10. The standard InChI is InChI=1S/C15H22BrNO2/c1-3-17(10-13-5-4-8-19-13)12-6-7-14(11(2)18)15(16)9-12/h6-7,9,11,13,18H,3-5,8,10H2,1-2H3. The van der Waals surface area contributed by atoms with Crippen LogP contribution in [0.25, 0.3) is 0 Å². The zero-order valence-electron chi connectivity index (χ0n) is 11.6. The smallest absolute Gasteiger partial charge is 0.0772 e. The summed E-state index contributed by atoms with van der Waals surface area (Å²) in [7, 11) is 0. The lowest BCUT2D eigenvalue weighted by Gasteiger charge is -2.26. The Bertz CT molecular complexity index is 417. The second-order valence-corrected chi connectivity index (χ2v) is 5.91. The van der Waals surface area contributed by atoms with E-state index in [1.807, 2.05) is 6.07 Å². The van der Waals surface area contributed by atoms with E-state index < -0.39 is 6.10 Å². The molecule has 0 bridgehead atoms. The van der Waals surface area contributed by atoms with E-state index in [4.69, 9.17) is 4.74 Å². The number of hydrogen-bond donors (Lipinski definition) is 1. The highest BCUT2D eigenvalue weighted by atomic mass is 79.9. The number of halogens is 1. The Morgan fingerprint density at radius 1 is 1.53 bits per heavy atom. The Labute approximate surface area is 123 Å². The second-order valence-electron chi connectivity index (χ2n) is 5.06. The van der Waals surface area contributed by atoms with Crippen molar-refractivity contribution >= 4 is 21.6 Å². The van der Waals surface area contributed by atoms with Gasteiger partial charge in [-0.1, -0.05) is 22.0 Å². The van der Waals surface area contributed by atoms with Gasteiger partial charge in [-0.2, -0.15) is 0 Å². The predicted octanol–water partition coefficient (Wildman–Crippen LogP) is 3.51. The lowest BCUT2D eigenvalue weighted by atomic mass is 10.1. The van der Waals surface area contributed by atoms with Crippen LogP contribution >= 0.6 is 15.9 Å². The van der Waals surface area contributed by atoms with Gasteiger partial charge in [-0.15, -0.1) is 0 Å². The summed E-state index contributed by atoms with van der Waals surface area (Å²) in [6, 6.07) is 6.15. The van der Waals surface area contributed by atoms with Crippen molar-refractivity contribution in [2.45, 2.75) is 38.9 Å². The topological polar surface area (TPSA) is 32.7 Å². The van der Waals surface area contributed by atoms with Gasteiger partial charge in [0.2, 0.25) is 0 Å². The molecule has 0 aliphatic carbocycles. The summed E-state index contributed by atoms with van der Waals surface area (Å²) < 4.78 is 6.67. The number of nitrogens with zero attached hydrogens (tertiary/aromatic N) is 1. The number of likely N-dealkylation sites (N-methyl/N-ethyl adjacent to an activating group) is 1. The SMILES string of the molecule is CCN(CC1CCCO1)c1ccc(C(C)O)c(Br)c1. The third-order valence-corrected chi connectivity index (χ3v) is 4.32. The van der Waals surface area contributed by atoms with E-state index >= 15 is 0 Å². The largest absolute Gasteiger partial charge is 0.389 e. The zero-order valence-corrected chi connectivity index (χ0v) is 13.2. The van der Waals surface area contributed by atoms with Gasteiger partial charge in [0.15, 0.2) is 0 Å². The highest BCUT2D eigenvalue weighted by Crippen LogP contribution is 2.29. The highest BCUT2D eigenvalue weighted by Gasteiger charge is 2.19. The number of rotatable bonds is 5. The van der Waals surface area contributed by atoms with Crippen molar-refractivity contribution in [3.05, 3.63) is 28.2 Å². The Balaban J connectivity index is 2.11. The fourth-order valence-electron chi connectivity index (χ4n) is 2.50. The number of anilines is 1. The van der Waals surface area contributed by atoms with E-state index in [2.05, 4.69) is 39.9 Å². The molecular weight excluding hydrogens is 306 g/mol. The van der Waals surface area contributed by atoms with Crippen LogP contribution in [0.15, 0.2) is 22.7 Å². The fraction of sp³-hybridized carbons (Fsp3) is 0.600. The summed E-state index contributed by atoms with van der Waals surface area (Å²) in [4.78, 5) is 2.33. The van der Waals surface area contributed by atoms with Crippen molar-refractivity contribution in [1.29, 1.82) is 0 Å². The molecular formula is C15H22BrNO2. The zero-order chi connectivity index (χ0) is 13.8. The first kappa shape index (κ1) is 14.8. The molecule has 1 aromatic carbocycles. The maximum atomic E-state index is 9.66. The molecule has 2 atom stereocenters. The normalized spacial score (nSPS) is 20.5. The van der Waals surface area contributed by atoms with Crippen molar-refractivity contribution in [1.82, 2.24) is 0 Å². The quantitative estimate of drug-likeness (QED) is 0.898. The molecule has 1 N–H and O–H groups in total. The van der Waals surface area contributed by atoms with Crippen molar-refractivity contribution in [2.75, 3.05) is 24.6 Å². The van der Waals surface area contributed by atoms with Gasteiger partial charge in [0, 0.05) is 29.9 Å². The van der Waals surface area contributed by atoms with Gasteiger partial charge >= 0.3 is 0 Å². The van der Waals surface area contributed by atoms with Crippen molar-refractivity contribution in [3.63, 3.8) is 0 Å². The summed E-state index contributed by atoms with van der Waals surface area (Å²) in [6.07, 6.45) is 2.24. The molecule has 1 aromatic rings. The minimum atomic E-state index is -0.448. The van der Waals surface area contributed by atoms with Crippen molar-refractivity contribution in [3.8, 4) is 0 Å². The molecule has 4 heteroatoms. The number of aliphatic hydroxyl groups excluding tert-OH is 1. The summed E-state index contributed by atoms with van der Waals surface area (Å²) >= 11 is 3.54. The minimum Gasteiger partial charge on any atom is -0.389 e. The third kappa shape index (κ3) is 3.71. The molecule has 2 rings (SSSR count). The molecule has 106 valence electrons. The van der Waals surface area contributed by atoms with Crippen molar-refractivity contribution < 1.29 is 9.84 Å². The Kier molecular flexibility index (Phi) is 5.25. The molecule has 0 spiro atoms. The van der Waals surface area contributed by atoms with E-state index in [1.54, 1.807) is 6.92 Å². The first-order valence-corrected chi connectivity index (χ1v) is 7.75. The van der Waals surface area contributed by atoms with Crippen LogP contribution in [0.4, 0.5) is 5.69 Å². The molecule has 19 heavy (non-hydrogen) atoms. The van der Waals surface area contributed by atoms with Gasteiger partial charge < -0.3 is 14.7 Å². The van der Waals surface area contributed by atoms with Crippen LogP contribution in [0.1, 0.15) is 38.4 Å². The first-order chi connectivity index (χ1) is 9.11. The number of hydrogen-bond acceptors (Lipinski definition) is 3. The average Bonchev–Trinajstić information content (AvgIpc) is 2.88. The van der Waals surface area contributed by atoms with Gasteiger partial charge in [-0.05, 0) is 44.4 Å². The van der Waals surface area contributed by atoms with Crippen LogP contribution in [0.3, 0.4) is 0 Å².